The quantitative estimate of drug-likeness (QED) is 0.326. The monoisotopic (exact) mass is 514 g/mol. The van der Waals surface area contributed by atoms with Crippen LogP contribution in [0.3, 0.4) is 0 Å². The number of rotatable bonds is 9. The number of alkyl halides is 6. The molecule has 0 saturated carbocycles. The van der Waals surface area contributed by atoms with Gasteiger partial charge in [-0.15, -0.1) is 0 Å². The first-order valence-electron chi connectivity index (χ1n) is 12.3. The standard InChI is InChI=1S/C27H32F6N2O/c1-4-9-34(10-5-2)25-14-21-8-6-7-20(21)13-22(25)17-35(18(3)36)16-19-11-23(26(28,29)30)15-24(12-19)27(31,32)33/h11-15H,4-10,16-17H2,1-3H3. The largest absolute Gasteiger partial charge is 0.416 e. The molecule has 9 heteroatoms. The molecule has 2 aromatic rings. The van der Waals surface area contributed by atoms with Gasteiger partial charge < -0.3 is 9.80 Å². The van der Waals surface area contributed by atoms with Crippen molar-refractivity contribution < 1.29 is 31.1 Å². The number of carbonyl (C=O) groups excluding carboxylic acids is 1. The third kappa shape index (κ3) is 6.73. The number of aryl methyl sites for hydroxylation is 2. The molecule has 198 valence electrons. The molecule has 1 aliphatic carbocycles. The molecule has 36 heavy (non-hydrogen) atoms. The van der Waals surface area contributed by atoms with Gasteiger partial charge in [0.1, 0.15) is 0 Å². The molecule has 0 saturated heterocycles. The maximum Gasteiger partial charge on any atom is 0.416 e. The molecule has 0 spiro atoms. The summed E-state index contributed by atoms with van der Waals surface area (Å²) in [5, 5.41) is 0. The van der Waals surface area contributed by atoms with Gasteiger partial charge in [-0.2, -0.15) is 26.3 Å². The van der Waals surface area contributed by atoms with E-state index in [1.807, 2.05) is 0 Å². The summed E-state index contributed by atoms with van der Waals surface area (Å²) in [6.45, 7) is 6.78. The molecule has 3 nitrogen and oxygen atoms in total. The van der Waals surface area contributed by atoms with Crippen molar-refractivity contribution in [2.75, 3.05) is 18.0 Å². The predicted molar refractivity (Wildman–Crippen MR) is 128 cm³/mol. The van der Waals surface area contributed by atoms with Crippen molar-refractivity contribution in [3.8, 4) is 0 Å². The van der Waals surface area contributed by atoms with Crippen LogP contribution in [0.1, 0.15) is 73.4 Å². The molecule has 0 N–H and O–H groups in total. The third-order valence-electron chi connectivity index (χ3n) is 6.45. The number of nitrogens with zero attached hydrogens (tertiary/aromatic N) is 2. The minimum Gasteiger partial charge on any atom is -0.371 e. The number of hydrogen-bond donors (Lipinski definition) is 0. The van der Waals surface area contributed by atoms with Gasteiger partial charge >= 0.3 is 12.4 Å². The van der Waals surface area contributed by atoms with Crippen LogP contribution in [0.2, 0.25) is 0 Å². The molecule has 0 unspecified atom stereocenters. The number of benzene rings is 2. The summed E-state index contributed by atoms with van der Waals surface area (Å²) in [4.78, 5) is 16.1. The highest BCUT2D eigenvalue weighted by Gasteiger charge is 2.37. The predicted octanol–water partition coefficient (Wildman–Crippen LogP) is 7.39. The van der Waals surface area contributed by atoms with E-state index in [-0.39, 0.29) is 24.7 Å². The minimum atomic E-state index is -4.94. The SMILES string of the molecule is CCCN(CCC)c1cc2c(cc1CN(Cc1cc(C(F)(F)F)cc(C(F)(F)F)c1)C(C)=O)CCC2. The Balaban J connectivity index is 2.01. The van der Waals surface area contributed by atoms with Crippen LogP contribution in [0.4, 0.5) is 32.0 Å². The lowest BCUT2D eigenvalue weighted by Crippen LogP contribution is -2.31. The van der Waals surface area contributed by atoms with Crippen molar-refractivity contribution in [1.82, 2.24) is 4.90 Å². The molecule has 0 heterocycles. The van der Waals surface area contributed by atoms with E-state index in [1.54, 1.807) is 0 Å². The summed E-state index contributed by atoms with van der Waals surface area (Å²) in [5.41, 5.74) is 1.30. The Kier molecular flexibility index (Phi) is 8.62. The van der Waals surface area contributed by atoms with Crippen LogP contribution < -0.4 is 4.90 Å². The van der Waals surface area contributed by atoms with Gasteiger partial charge in [0.15, 0.2) is 0 Å². The Labute approximate surface area is 208 Å². The van der Waals surface area contributed by atoms with Crippen LogP contribution in [0.25, 0.3) is 0 Å². The van der Waals surface area contributed by atoms with Crippen LogP contribution in [-0.4, -0.2) is 23.9 Å². The van der Waals surface area contributed by atoms with E-state index in [9.17, 15) is 31.1 Å². The number of anilines is 1. The van der Waals surface area contributed by atoms with Crippen molar-refractivity contribution in [1.29, 1.82) is 0 Å². The Hall–Kier alpha value is -2.71. The second-order valence-corrected chi connectivity index (χ2v) is 9.38. The van der Waals surface area contributed by atoms with Crippen LogP contribution in [-0.2, 0) is 43.1 Å². The lowest BCUT2D eigenvalue weighted by atomic mass is 10.0. The van der Waals surface area contributed by atoms with Gasteiger partial charge in [-0.05, 0) is 78.6 Å². The molecule has 1 amide bonds. The first-order valence-corrected chi connectivity index (χ1v) is 12.3. The zero-order valence-corrected chi connectivity index (χ0v) is 20.8. The van der Waals surface area contributed by atoms with Crippen LogP contribution in [0, 0.1) is 0 Å². The molecule has 1 aliphatic rings. The van der Waals surface area contributed by atoms with Crippen LogP contribution >= 0.6 is 0 Å². The average molecular weight is 515 g/mol. The molecule has 2 aromatic carbocycles. The fraction of sp³-hybridized carbons (Fsp3) is 0.519. The first-order chi connectivity index (χ1) is 16.8. The number of amides is 1. The number of halogens is 6. The van der Waals surface area contributed by atoms with E-state index < -0.39 is 29.4 Å². The van der Waals surface area contributed by atoms with Gasteiger partial charge in [-0.3, -0.25) is 4.79 Å². The van der Waals surface area contributed by atoms with Gasteiger partial charge in [-0.25, -0.2) is 0 Å². The van der Waals surface area contributed by atoms with Gasteiger partial charge in [0, 0.05) is 38.8 Å². The molecule has 0 bridgehead atoms. The molecule has 0 atom stereocenters. The molecular weight excluding hydrogens is 482 g/mol. The van der Waals surface area contributed by atoms with E-state index in [1.165, 1.54) is 23.0 Å². The minimum absolute atomic E-state index is 0.0967. The highest BCUT2D eigenvalue weighted by atomic mass is 19.4. The normalized spacial score (nSPS) is 13.6. The highest BCUT2D eigenvalue weighted by Crippen LogP contribution is 2.37. The van der Waals surface area contributed by atoms with Crippen molar-refractivity contribution in [2.24, 2.45) is 0 Å². The van der Waals surface area contributed by atoms with E-state index in [4.69, 9.17) is 0 Å². The van der Waals surface area contributed by atoms with Crippen molar-refractivity contribution in [3.05, 3.63) is 63.7 Å². The van der Waals surface area contributed by atoms with E-state index in [2.05, 4.69) is 30.9 Å². The van der Waals surface area contributed by atoms with E-state index >= 15 is 0 Å². The maximum absolute atomic E-state index is 13.3. The molecule has 0 aliphatic heterocycles. The Morgan fingerprint density at radius 3 is 1.81 bits per heavy atom. The molecule has 0 aromatic heterocycles. The van der Waals surface area contributed by atoms with Crippen molar-refractivity contribution in [3.63, 3.8) is 0 Å². The Bertz CT molecular complexity index is 1040. The van der Waals surface area contributed by atoms with Crippen molar-refractivity contribution in [2.45, 2.75) is 78.3 Å². The summed E-state index contributed by atoms with van der Waals surface area (Å²) < 4.78 is 80.0. The lowest BCUT2D eigenvalue weighted by Gasteiger charge is -2.30. The average Bonchev–Trinajstić information content (AvgIpc) is 3.24. The summed E-state index contributed by atoms with van der Waals surface area (Å²) in [6, 6.07) is 5.69. The smallest absolute Gasteiger partial charge is 0.371 e. The second-order valence-electron chi connectivity index (χ2n) is 9.38. The third-order valence-corrected chi connectivity index (χ3v) is 6.45. The number of carbonyl (C=O) groups is 1. The van der Waals surface area contributed by atoms with Gasteiger partial charge in [0.25, 0.3) is 0 Å². The molecule has 0 fully saturated rings. The molecular formula is C27H32F6N2O. The fourth-order valence-electron chi connectivity index (χ4n) is 4.79. The first kappa shape index (κ1) is 27.9. The number of hydrogen-bond acceptors (Lipinski definition) is 2. The van der Waals surface area contributed by atoms with Crippen LogP contribution in [0.15, 0.2) is 30.3 Å². The molecule has 0 radical (unpaired) electrons. The van der Waals surface area contributed by atoms with Gasteiger partial charge in [0.05, 0.1) is 11.1 Å². The number of fused-ring (bicyclic) bond motifs is 1. The van der Waals surface area contributed by atoms with Crippen molar-refractivity contribution >= 4 is 11.6 Å². The zero-order valence-electron chi connectivity index (χ0n) is 20.8. The summed E-state index contributed by atoms with van der Waals surface area (Å²) in [6.07, 6.45) is -5.14. The Morgan fingerprint density at radius 1 is 0.806 bits per heavy atom. The van der Waals surface area contributed by atoms with Gasteiger partial charge in [-0.1, -0.05) is 19.9 Å². The summed E-state index contributed by atoms with van der Waals surface area (Å²) >= 11 is 0. The van der Waals surface area contributed by atoms with E-state index in [0.29, 0.717) is 12.1 Å². The zero-order chi connectivity index (χ0) is 26.7. The van der Waals surface area contributed by atoms with Crippen LogP contribution in [0.5, 0.6) is 0 Å². The maximum atomic E-state index is 13.3. The highest BCUT2D eigenvalue weighted by molar-refractivity contribution is 5.74. The van der Waals surface area contributed by atoms with Gasteiger partial charge in [0.2, 0.25) is 5.91 Å². The second kappa shape index (κ2) is 11.1. The Morgan fingerprint density at radius 2 is 1.33 bits per heavy atom. The topological polar surface area (TPSA) is 23.6 Å². The molecule has 3 rings (SSSR count). The fourth-order valence-corrected chi connectivity index (χ4v) is 4.79. The lowest BCUT2D eigenvalue weighted by molar-refractivity contribution is -0.143. The summed E-state index contributed by atoms with van der Waals surface area (Å²) in [5.74, 6) is -0.426. The van der Waals surface area contributed by atoms with E-state index in [0.717, 1.165) is 56.4 Å². The summed E-state index contributed by atoms with van der Waals surface area (Å²) in [7, 11) is 0.